The molecule has 0 bridgehead atoms. The van der Waals surface area contributed by atoms with Gasteiger partial charge in [-0.05, 0) is 48.8 Å². The molecule has 0 spiro atoms. The summed E-state index contributed by atoms with van der Waals surface area (Å²) in [5.74, 6) is 0.683. The van der Waals surface area contributed by atoms with Gasteiger partial charge in [-0.15, -0.1) is 12.4 Å². The van der Waals surface area contributed by atoms with Crippen LogP contribution in [0.5, 0.6) is 0 Å². The van der Waals surface area contributed by atoms with Gasteiger partial charge in [-0.25, -0.2) is 0 Å². The van der Waals surface area contributed by atoms with E-state index in [0.717, 1.165) is 30.7 Å². The highest BCUT2D eigenvalue weighted by Gasteiger charge is 2.46. The number of rotatable bonds is 8. The molecule has 1 fully saturated rings. The number of benzene rings is 1. The van der Waals surface area contributed by atoms with E-state index >= 15 is 0 Å². The molecule has 0 saturated heterocycles. The Labute approximate surface area is 169 Å². The maximum atomic E-state index is 12.8. The molecule has 1 aliphatic carbocycles. The first-order valence-corrected chi connectivity index (χ1v) is 10.00. The second-order valence-electron chi connectivity index (χ2n) is 8.12. The van der Waals surface area contributed by atoms with Crippen LogP contribution < -0.4 is 11.1 Å². The Morgan fingerprint density at radius 2 is 1.81 bits per heavy atom. The second kappa shape index (κ2) is 9.96. The van der Waals surface area contributed by atoms with Crippen LogP contribution in [0.25, 0.3) is 0 Å². The predicted octanol–water partition coefficient (Wildman–Crippen LogP) is 5.09. The van der Waals surface area contributed by atoms with E-state index < -0.39 is 6.04 Å². The minimum absolute atomic E-state index is 0. The van der Waals surface area contributed by atoms with Crippen molar-refractivity contribution in [3.05, 3.63) is 34.9 Å². The number of carbonyl (C=O) groups is 1. The molecule has 1 saturated carbocycles. The fourth-order valence-electron chi connectivity index (χ4n) is 3.85. The van der Waals surface area contributed by atoms with E-state index in [2.05, 4.69) is 38.2 Å². The molecule has 1 aliphatic rings. The van der Waals surface area contributed by atoms with Crippen LogP contribution in [-0.4, -0.2) is 18.0 Å². The molecular weight excluding hydrogens is 367 g/mol. The summed E-state index contributed by atoms with van der Waals surface area (Å²) in [5.41, 5.74) is 7.48. The van der Waals surface area contributed by atoms with Gasteiger partial charge >= 0.3 is 0 Å². The molecular formula is C21H34Cl2N2O. The summed E-state index contributed by atoms with van der Waals surface area (Å²) in [6.07, 6.45) is 5.27. The maximum absolute atomic E-state index is 12.8. The SMILES string of the molecule is CC[C@@H](C)[C@@H](N)C(=O)N[C@H](CC(C)C)C1(c2ccc(Cl)cc2)CCC1.Cl. The smallest absolute Gasteiger partial charge is 0.237 e. The molecule has 0 radical (unpaired) electrons. The highest BCUT2D eigenvalue weighted by Crippen LogP contribution is 2.48. The number of hydrogen-bond donors (Lipinski definition) is 2. The average Bonchev–Trinajstić information content (AvgIpc) is 2.53. The van der Waals surface area contributed by atoms with Gasteiger partial charge in [0, 0.05) is 16.5 Å². The molecule has 0 heterocycles. The Kier molecular flexibility index (Phi) is 8.92. The van der Waals surface area contributed by atoms with Crippen molar-refractivity contribution in [2.24, 2.45) is 17.6 Å². The molecule has 0 aromatic heterocycles. The lowest BCUT2D eigenvalue weighted by Crippen LogP contribution is -2.58. The third kappa shape index (κ3) is 5.15. The first-order chi connectivity index (χ1) is 11.8. The molecule has 1 amide bonds. The molecule has 3 nitrogen and oxygen atoms in total. The summed E-state index contributed by atoms with van der Waals surface area (Å²) >= 11 is 6.08. The predicted molar refractivity (Wildman–Crippen MR) is 113 cm³/mol. The molecule has 1 aromatic carbocycles. The fraction of sp³-hybridized carbons (Fsp3) is 0.667. The largest absolute Gasteiger partial charge is 0.351 e. The van der Waals surface area contributed by atoms with E-state index in [1.165, 1.54) is 12.0 Å². The van der Waals surface area contributed by atoms with Crippen LogP contribution in [0.3, 0.4) is 0 Å². The molecule has 1 aromatic rings. The summed E-state index contributed by atoms with van der Waals surface area (Å²) in [6.45, 7) is 8.54. The van der Waals surface area contributed by atoms with E-state index in [0.29, 0.717) is 5.92 Å². The number of hydrogen-bond acceptors (Lipinski definition) is 2. The van der Waals surface area contributed by atoms with E-state index in [4.69, 9.17) is 17.3 Å². The Morgan fingerprint density at radius 3 is 2.23 bits per heavy atom. The molecule has 2 rings (SSSR count). The standard InChI is InChI=1S/C21H33ClN2O.ClH/c1-5-15(4)19(23)20(25)24-18(13-14(2)3)21(11-6-12-21)16-7-9-17(22)10-8-16;/h7-10,14-15,18-19H,5-6,11-13,23H2,1-4H3,(H,24,25);1H/t15-,18-,19-;/m1./s1. The number of carbonyl (C=O) groups excluding carboxylic acids is 1. The van der Waals surface area contributed by atoms with Crippen molar-refractivity contribution in [3.8, 4) is 0 Å². The normalized spacial score (nSPS) is 19.0. The highest BCUT2D eigenvalue weighted by atomic mass is 35.5. The van der Waals surface area contributed by atoms with Crippen molar-refractivity contribution < 1.29 is 4.79 Å². The van der Waals surface area contributed by atoms with E-state index in [1.54, 1.807) is 0 Å². The van der Waals surface area contributed by atoms with Crippen LogP contribution >= 0.6 is 24.0 Å². The van der Waals surface area contributed by atoms with Crippen LogP contribution in [0.4, 0.5) is 0 Å². The zero-order valence-electron chi connectivity index (χ0n) is 16.4. The zero-order chi connectivity index (χ0) is 18.6. The topological polar surface area (TPSA) is 55.1 Å². The first kappa shape index (κ1) is 23.3. The van der Waals surface area contributed by atoms with Crippen molar-refractivity contribution in [2.45, 2.75) is 77.3 Å². The maximum Gasteiger partial charge on any atom is 0.237 e. The average molecular weight is 401 g/mol. The summed E-state index contributed by atoms with van der Waals surface area (Å²) in [6, 6.07) is 7.82. The van der Waals surface area contributed by atoms with Gasteiger partial charge in [0.25, 0.3) is 0 Å². The van der Waals surface area contributed by atoms with E-state index in [1.807, 2.05) is 19.1 Å². The van der Waals surface area contributed by atoms with Crippen LogP contribution in [0.15, 0.2) is 24.3 Å². The highest BCUT2D eigenvalue weighted by molar-refractivity contribution is 6.30. The van der Waals surface area contributed by atoms with Gasteiger partial charge < -0.3 is 11.1 Å². The summed E-state index contributed by atoms with van der Waals surface area (Å²) < 4.78 is 0. The monoisotopic (exact) mass is 400 g/mol. The third-order valence-corrected chi connectivity index (χ3v) is 6.17. The third-order valence-electron chi connectivity index (χ3n) is 5.92. The molecule has 3 N–H and O–H groups in total. The minimum atomic E-state index is -0.443. The lowest BCUT2D eigenvalue weighted by Gasteiger charge is -2.49. The van der Waals surface area contributed by atoms with Gasteiger partial charge in [0.2, 0.25) is 5.91 Å². The zero-order valence-corrected chi connectivity index (χ0v) is 18.0. The summed E-state index contributed by atoms with van der Waals surface area (Å²) in [4.78, 5) is 12.8. The number of nitrogens with one attached hydrogen (secondary N) is 1. The van der Waals surface area contributed by atoms with Gasteiger partial charge in [0.15, 0.2) is 0 Å². The molecule has 5 heteroatoms. The molecule has 0 unspecified atom stereocenters. The Hall–Kier alpha value is -0.770. The van der Waals surface area contributed by atoms with Crippen molar-refractivity contribution >= 4 is 29.9 Å². The van der Waals surface area contributed by atoms with Crippen molar-refractivity contribution in [2.75, 3.05) is 0 Å². The molecule has 26 heavy (non-hydrogen) atoms. The number of halogens is 2. The Morgan fingerprint density at radius 1 is 1.23 bits per heavy atom. The molecule has 3 atom stereocenters. The lowest BCUT2D eigenvalue weighted by molar-refractivity contribution is -0.125. The van der Waals surface area contributed by atoms with Gasteiger partial charge in [-0.1, -0.05) is 64.3 Å². The van der Waals surface area contributed by atoms with Gasteiger partial charge in [0.05, 0.1) is 6.04 Å². The first-order valence-electron chi connectivity index (χ1n) is 9.62. The second-order valence-corrected chi connectivity index (χ2v) is 8.56. The Balaban J connectivity index is 0.00000338. The number of nitrogens with two attached hydrogens (primary N) is 1. The number of amides is 1. The quantitative estimate of drug-likeness (QED) is 0.638. The van der Waals surface area contributed by atoms with Crippen LogP contribution in [0.1, 0.15) is 65.4 Å². The van der Waals surface area contributed by atoms with Crippen molar-refractivity contribution in [1.82, 2.24) is 5.32 Å². The van der Waals surface area contributed by atoms with Crippen molar-refractivity contribution in [1.29, 1.82) is 0 Å². The van der Waals surface area contributed by atoms with Gasteiger partial charge in [-0.3, -0.25) is 4.79 Å². The Bertz CT molecular complexity index is 570. The van der Waals surface area contributed by atoms with Gasteiger partial charge in [0.1, 0.15) is 0 Å². The van der Waals surface area contributed by atoms with Crippen molar-refractivity contribution in [3.63, 3.8) is 0 Å². The van der Waals surface area contributed by atoms with E-state index in [9.17, 15) is 4.79 Å². The molecule has 0 aliphatic heterocycles. The minimum Gasteiger partial charge on any atom is -0.351 e. The van der Waals surface area contributed by atoms with Crippen LogP contribution in [-0.2, 0) is 10.2 Å². The van der Waals surface area contributed by atoms with Crippen LogP contribution in [0, 0.1) is 11.8 Å². The fourth-order valence-corrected chi connectivity index (χ4v) is 3.98. The van der Waals surface area contributed by atoms with E-state index in [-0.39, 0.29) is 35.7 Å². The lowest BCUT2D eigenvalue weighted by atomic mass is 9.58. The van der Waals surface area contributed by atoms with Gasteiger partial charge in [-0.2, -0.15) is 0 Å². The van der Waals surface area contributed by atoms with Crippen LogP contribution in [0.2, 0.25) is 5.02 Å². The summed E-state index contributed by atoms with van der Waals surface area (Å²) in [7, 11) is 0. The summed E-state index contributed by atoms with van der Waals surface area (Å²) in [5, 5.41) is 4.07. The molecule has 148 valence electrons.